The van der Waals surface area contributed by atoms with Crippen LogP contribution in [0.5, 0.6) is 0 Å². The Morgan fingerprint density at radius 3 is 2.21 bits per heavy atom. The van der Waals surface area contributed by atoms with Gasteiger partial charge in [0.25, 0.3) is 0 Å². The third-order valence-electron chi connectivity index (χ3n) is 9.12. The molecule has 0 aliphatic carbocycles. The van der Waals surface area contributed by atoms with Gasteiger partial charge in [-0.15, -0.1) is 0 Å². The zero-order valence-electron chi connectivity index (χ0n) is 23.4. The van der Waals surface area contributed by atoms with Crippen molar-refractivity contribution in [1.29, 1.82) is 0 Å². The maximum atomic E-state index is 6.54. The summed E-state index contributed by atoms with van der Waals surface area (Å²) < 4.78 is 8.85. The Labute approximate surface area is 228 Å². The van der Waals surface area contributed by atoms with E-state index in [1.165, 1.54) is 71.2 Å². The van der Waals surface area contributed by atoms with Gasteiger partial charge in [0.2, 0.25) is 6.71 Å². The first-order chi connectivity index (χ1) is 18.8. The van der Waals surface area contributed by atoms with Crippen LogP contribution >= 0.6 is 0 Å². The van der Waals surface area contributed by atoms with Crippen molar-refractivity contribution in [2.24, 2.45) is 0 Å². The predicted molar refractivity (Wildman–Crippen MR) is 166 cm³/mol. The second kappa shape index (κ2) is 7.76. The fourth-order valence-electron chi connectivity index (χ4n) is 7.17. The molecule has 0 unspecified atom stereocenters. The second-order valence-corrected chi connectivity index (χ2v) is 12.1. The van der Waals surface area contributed by atoms with Gasteiger partial charge < -0.3 is 4.42 Å². The molecule has 0 radical (unpaired) electrons. The molecular formula is C35H31BN2O. The van der Waals surface area contributed by atoms with E-state index in [4.69, 9.17) is 9.40 Å². The van der Waals surface area contributed by atoms with E-state index in [9.17, 15) is 0 Å². The third-order valence-corrected chi connectivity index (χ3v) is 9.12. The normalized spacial score (nSPS) is 13.3. The molecule has 1 aliphatic heterocycles. The van der Waals surface area contributed by atoms with Crippen LogP contribution < -0.4 is 16.4 Å². The number of aromatic nitrogens is 2. The van der Waals surface area contributed by atoms with Gasteiger partial charge in [0.1, 0.15) is 11.1 Å². The largest absolute Gasteiger partial charge is 0.424 e. The Hall–Kier alpha value is -4.05. The van der Waals surface area contributed by atoms with Gasteiger partial charge in [-0.1, -0.05) is 87.8 Å². The van der Waals surface area contributed by atoms with Gasteiger partial charge in [-0.3, -0.25) is 4.40 Å². The third kappa shape index (κ3) is 2.92. The van der Waals surface area contributed by atoms with E-state index < -0.39 is 0 Å². The van der Waals surface area contributed by atoms with Crippen LogP contribution in [0.4, 0.5) is 0 Å². The Morgan fingerprint density at radius 2 is 1.46 bits per heavy atom. The van der Waals surface area contributed by atoms with E-state index >= 15 is 0 Å². The van der Waals surface area contributed by atoms with Gasteiger partial charge in [-0.2, -0.15) is 4.98 Å². The summed E-state index contributed by atoms with van der Waals surface area (Å²) >= 11 is 0. The molecule has 0 N–H and O–H groups in total. The second-order valence-electron chi connectivity index (χ2n) is 12.1. The molecule has 0 atom stereocenters. The SMILES string of the molecule is Cc1cc2cc3c4c(nc5oc6cccc7ccc(c(c76)n54)B3c3c(C(C)C)cccc3C(C)C)c2cc1C. The van der Waals surface area contributed by atoms with Crippen molar-refractivity contribution in [2.45, 2.75) is 53.4 Å². The van der Waals surface area contributed by atoms with Gasteiger partial charge in [-0.05, 0) is 81.8 Å². The van der Waals surface area contributed by atoms with E-state index in [1.807, 2.05) is 0 Å². The number of rotatable bonds is 3. The maximum Gasteiger partial charge on any atom is 0.307 e. The van der Waals surface area contributed by atoms with Crippen LogP contribution in [0.3, 0.4) is 0 Å². The van der Waals surface area contributed by atoms with Crippen LogP contribution in [0.15, 0.2) is 71.1 Å². The van der Waals surface area contributed by atoms with E-state index in [-0.39, 0.29) is 6.71 Å². The van der Waals surface area contributed by atoms with E-state index in [0.29, 0.717) is 17.7 Å². The lowest BCUT2D eigenvalue weighted by Gasteiger charge is -2.30. The first-order valence-corrected chi connectivity index (χ1v) is 14.2. The zero-order valence-corrected chi connectivity index (χ0v) is 23.4. The van der Waals surface area contributed by atoms with Gasteiger partial charge >= 0.3 is 5.84 Å². The molecule has 1 aliphatic rings. The van der Waals surface area contributed by atoms with Crippen molar-refractivity contribution < 1.29 is 4.42 Å². The van der Waals surface area contributed by atoms with Crippen molar-refractivity contribution in [1.82, 2.24) is 9.38 Å². The van der Waals surface area contributed by atoms with E-state index in [1.54, 1.807) is 0 Å². The number of aryl methyl sites for hydroxylation is 2. The van der Waals surface area contributed by atoms with Crippen LogP contribution in [0.25, 0.3) is 49.5 Å². The van der Waals surface area contributed by atoms with Gasteiger partial charge in [-0.25, -0.2) is 0 Å². The molecule has 2 aromatic heterocycles. The number of fused-ring (bicyclic) bond motifs is 2. The quantitative estimate of drug-likeness (QED) is 0.237. The molecule has 8 rings (SSSR count). The van der Waals surface area contributed by atoms with Crippen LogP contribution in [-0.2, 0) is 0 Å². The van der Waals surface area contributed by atoms with Crippen molar-refractivity contribution in [3.63, 3.8) is 0 Å². The molecule has 0 saturated heterocycles. The molecule has 3 heterocycles. The summed E-state index contributed by atoms with van der Waals surface area (Å²) in [6.45, 7) is 13.8. The molecule has 190 valence electrons. The highest BCUT2D eigenvalue weighted by atomic mass is 16.3. The molecule has 5 aromatic carbocycles. The summed E-state index contributed by atoms with van der Waals surface area (Å²) in [5.74, 6) is 1.50. The van der Waals surface area contributed by atoms with Crippen LogP contribution in [0.1, 0.15) is 61.8 Å². The van der Waals surface area contributed by atoms with Crippen molar-refractivity contribution in [2.75, 3.05) is 0 Å². The van der Waals surface area contributed by atoms with Gasteiger partial charge in [0.15, 0.2) is 0 Å². The Balaban J connectivity index is 1.66. The van der Waals surface area contributed by atoms with Crippen molar-refractivity contribution in [3.8, 4) is 0 Å². The van der Waals surface area contributed by atoms with E-state index in [0.717, 1.165) is 11.1 Å². The predicted octanol–water partition coefficient (Wildman–Crippen LogP) is 7.23. The Bertz CT molecular complexity index is 2140. The highest BCUT2D eigenvalue weighted by Gasteiger charge is 2.37. The van der Waals surface area contributed by atoms with Crippen molar-refractivity contribution in [3.05, 3.63) is 89.0 Å². The molecule has 0 fully saturated rings. The van der Waals surface area contributed by atoms with Gasteiger partial charge in [0, 0.05) is 10.8 Å². The van der Waals surface area contributed by atoms with Crippen LogP contribution in [-0.4, -0.2) is 16.1 Å². The molecule has 39 heavy (non-hydrogen) atoms. The van der Waals surface area contributed by atoms with Gasteiger partial charge in [0.05, 0.1) is 11.0 Å². The van der Waals surface area contributed by atoms with E-state index in [2.05, 4.69) is 113 Å². The first kappa shape index (κ1) is 22.9. The smallest absolute Gasteiger partial charge is 0.307 e. The Kier molecular flexibility index (Phi) is 4.55. The molecule has 7 aromatic rings. The monoisotopic (exact) mass is 506 g/mol. The molecular weight excluding hydrogens is 475 g/mol. The summed E-state index contributed by atoms with van der Waals surface area (Å²) in [6.07, 6.45) is 0. The zero-order chi connectivity index (χ0) is 26.7. The maximum absolute atomic E-state index is 6.54. The minimum Gasteiger partial charge on any atom is -0.424 e. The first-order valence-electron chi connectivity index (χ1n) is 14.2. The summed E-state index contributed by atoms with van der Waals surface area (Å²) in [4.78, 5) is 5.22. The molecule has 0 bridgehead atoms. The molecule has 3 nitrogen and oxygen atoms in total. The average molecular weight is 506 g/mol. The number of hydrogen-bond acceptors (Lipinski definition) is 2. The van der Waals surface area contributed by atoms with Crippen LogP contribution in [0, 0.1) is 13.8 Å². The minimum absolute atomic E-state index is 0.108. The number of hydrogen-bond donors (Lipinski definition) is 0. The fraction of sp³-hybridized carbons (Fsp3) is 0.229. The summed E-state index contributed by atoms with van der Waals surface area (Å²) in [5, 5.41) is 4.83. The number of nitrogens with zero attached hydrogens (tertiary/aromatic N) is 2. The number of imidazole rings is 1. The van der Waals surface area contributed by atoms with Crippen LogP contribution in [0.2, 0.25) is 0 Å². The minimum atomic E-state index is 0.108. The summed E-state index contributed by atoms with van der Waals surface area (Å²) in [5.41, 5.74) is 13.9. The molecule has 0 amide bonds. The molecule has 0 spiro atoms. The highest BCUT2D eigenvalue weighted by Crippen LogP contribution is 2.36. The fourth-order valence-corrected chi connectivity index (χ4v) is 7.17. The van der Waals surface area contributed by atoms with Crippen molar-refractivity contribution >= 4 is 72.6 Å². The Morgan fingerprint density at radius 1 is 0.744 bits per heavy atom. The summed E-state index contributed by atoms with van der Waals surface area (Å²) in [6, 6.07) is 25.0. The summed E-state index contributed by atoms with van der Waals surface area (Å²) in [7, 11) is 0. The lowest BCUT2D eigenvalue weighted by Crippen LogP contribution is -2.57. The lowest BCUT2D eigenvalue weighted by molar-refractivity contribution is 0.624. The topological polar surface area (TPSA) is 30.4 Å². The number of benzene rings is 5. The molecule has 4 heteroatoms. The standard InChI is InChI=1S/C35H31BN2O/c1-18(2)24-10-8-11-25(19(3)4)31(24)36-27-14-13-22-9-7-12-29-30(22)33(27)38-34-28(36)17-23-15-20(5)21(6)16-26(23)32(34)37-35(38)39-29/h7-19H,1-6H3. The highest BCUT2D eigenvalue weighted by molar-refractivity contribution is 6.99. The lowest BCUT2D eigenvalue weighted by atomic mass is 9.33. The molecule has 0 saturated carbocycles. The average Bonchev–Trinajstić information content (AvgIpc) is 3.30.